The smallest absolute Gasteiger partial charge is 0.305 e. The summed E-state index contributed by atoms with van der Waals surface area (Å²) in [6, 6.07) is 0. The molecule has 2 aromatic heterocycles. The fourth-order valence-corrected chi connectivity index (χ4v) is 1.14. The Bertz CT molecular complexity index is 470. The van der Waals surface area contributed by atoms with Crippen LogP contribution >= 0.6 is 0 Å². The fourth-order valence-electron chi connectivity index (χ4n) is 1.14. The minimum atomic E-state index is -0.843. The molecule has 15 heavy (non-hydrogen) atoms. The van der Waals surface area contributed by atoms with Crippen LogP contribution in [0.5, 0.6) is 0 Å². The number of hydrogen-bond donors (Lipinski definition) is 1. The summed E-state index contributed by atoms with van der Waals surface area (Å²) >= 11 is 0. The van der Waals surface area contributed by atoms with Crippen molar-refractivity contribution in [3.05, 3.63) is 18.9 Å². The van der Waals surface area contributed by atoms with Gasteiger partial charge in [0, 0.05) is 56.7 Å². The van der Waals surface area contributed by atoms with Crippen molar-refractivity contribution in [2.45, 2.75) is 13.0 Å². The van der Waals surface area contributed by atoms with E-state index < -0.39 is 5.97 Å². The molecule has 2 aromatic rings. The number of aromatic nitrogens is 4. The average molecular weight is 280 g/mol. The third kappa shape index (κ3) is 2.79. The van der Waals surface area contributed by atoms with Crippen LogP contribution in [0.1, 0.15) is 6.42 Å². The number of aryl methyl sites for hydroxylation is 1. The molecule has 0 saturated carbocycles. The summed E-state index contributed by atoms with van der Waals surface area (Å²) in [4.78, 5) is 22.0. The zero-order valence-electron chi connectivity index (χ0n) is 7.79. The van der Waals surface area contributed by atoms with E-state index in [1.54, 1.807) is 10.9 Å². The first-order chi connectivity index (χ1) is 6.77. The number of carboxylic acids is 1. The minimum Gasteiger partial charge on any atom is -0.481 e. The molecular weight excluding hydrogens is 273 g/mol. The van der Waals surface area contributed by atoms with Crippen LogP contribution in [0.2, 0.25) is 0 Å². The van der Waals surface area contributed by atoms with Crippen molar-refractivity contribution in [2.24, 2.45) is 0 Å². The second kappa shape index (κ2) is 5.27. The van der Waals surface area contributed by atoms with Gasteiger partial charge in [0.05, 0.1) is 12.7 Å². The number of nitrogens with zero attached hydrogens (tertiary/aromatic N) is 4. The van der Waals surface area contributed by atoms with E-state index in [2.05, 4.69) is 21.1 Å². The van der Waals surface area contributed by atoms with Gasteiger partial charge in [0.2, 0.25) is 0 Å². The molecule has 0 bridgehead atoms. The molecule has 2 heterocycles. The van der Waals surface area contributed by atoms with Crippen molar-refractivity contribution in [1.82, 2.24) is 19.5 Å². The third-order valence-corrected chi connectivity index (χ3v) is 1.78. The van der Waals surface area contributed by atoms with E-state index in [9.17, 15) is 4.79 Å². The largest absolute Gasteiger partial charge is 0.481 e. The summed E-state index contributed by atoms with van der Waals surface area (Å²) < 4.78 is 1.67. The molecule has 1 N–H and O–H groups in total. The summed E-state index contributed by atoms with van der Waals surface area (Å²) in [5.41, 5.74) is 1.17. The molecule has 1 radical (unpaired) electrons. The predicted octanol–water partition coefficient (Wildman–Crippen LogP) is 0.0987. The van der Waals surface area contributed by atoms with Crippen molar-refractivity contribution < 1.29 is 42.6 Å². The maximum atomic E-state index is 10.4. The van der Waals surface area contributed by atoms with Crippen LogP contribution in [0.3, 0.4) is 0 Å². The van der Waals surface area contributed by atoms with E-state index in [0.29, 0.717) is 17.7 Å². The number of hydrogen-bond acceptors (Lipinski definition) is 4. The average Bonchev–Trinajstić information content (AvgIpc) is 2.58. The van der Waals surface area contributed by atoms with Crippen LogP contribution in [0.4, 0.5) is 0 Å². The van der Waals surface area contributed by atoms with Crippen molar-refractivity contribution in [1.29, 1.82) is 0 Å². The molecule has 0 aliphatic carbocycles. The summed E-state index contributed by atoms with van der Waals surface area (Å²) in [7, 11) is 0. The van der Waals surface area contributed by atoms with Gasteiger partial charge in [-0.1, -0.05) is 0 Å². The zero-order chi connectivity index (χ0) is 9.97. The van der Waals surface area contributed by atoms with E-state index in [1.807, 2.05) is 0 Å². The Morgan fingerprint density at radius 3 is 3.07 bits per heavy atom. The number of aliphatic carboxylic acids is 1. The van der Waals surface area contributed by atoms with Crippen molar-refractivity contribution >= 4 is 17.1 Å². The Balaban J connectivity index is 0.00000112. The van der Waals surface area contributed by atoms with Gasteiger partial charge in [-0.2, -0.15) is 0 Å². The number of imidazole rings is 1. The van der Waals surface area contributed by atoms with E-state index >= 15 is 0 Å². The SMILES string of the molecule is O=C(O)CCn1cnc2[c-]ncnc21.[Y]. The standard InChI is InChI=1S/C8H7N4O2.Y/c13-7(14)1-2-12-5-11-6-3-9-4-10-8(6)12;/h4-5H,1-2H2,(H,13,14);/q-1;. The maximum Gasteiger partial charge on any atom is 0.305 e. The minimum absolute atomic E-state index is 0. The molecule has 7 heteroatoms. The van der Waals surface area contributed by atoms with Crippen molar-refractivity contribution in [3.63, 3.8) is 0 Å². The monoisotopic (exact) mass is 280 g/mol. The van der Waals surface area contributed by atoms with Crippen LogP contribution in [-0.4, -0.2) is 30.6 Å². The van der Waals surface area contributed by atoms with E-state index in [1.165, 1.54) is 6.33 Å². The molecule has 0 fully saturated rings. The Hall–Kier alpha value is -0.876. The van der Waals surface area contributed by atoms with Crippen molar-refractivity contribution in [3.8, 4) is 0 Å². The fraction of sp³-hybridized carbons (Fsp3) is 0.250. The summed E-state index contributed by atoms with van der Waals surface area (Å²) in [6.45, 7) is 0.358. The molecule has 0 unspecified atom stereocenters. The molecule has 6 nitrogen and oxygen atoms in total. The Labute approximate surface area is 111 Å². The van der Waals surface area contributed by atoms with Gasteiger partial charge in [0.1, 0.15) is 0 Å². The normalized spacial score (nSPS) is 9.87. The zero-order valence-corrected chi connectivity index (χ0v) is 10.6. The quantitative estimate of drug-likeness (QED) is 0.806. The topological polar surface area (TPSA) is 80.9 Å². The number of carboxylic acid groups (broad SMARTS) is 1. The summed E-state index contributed by atoms with van der Waals surface area (Å²) in [6.07, 6.45) is 5.62. The van der Waals surface area contributed by atoms with E-state index in [0.717, 1.165) is 0 Å². The molecule has 0 atom stereocenters. The molecular formula is C8H7N4O2Y-. The van der Waals surface area contributed by atoms with E-state index in [-0.39, 0.29) is 39.1 Å². The van der Waals surface area contributed by atoms with Gasteiger partial charge in [-0.25, -0.2) is 0 Å². The number of fused-ring (bicyclic) bond motifs is 1. The van der Waals surface area contributed by atoms with Gasteiger partial charge in [-0.05, 0) is 6.20 Å². The van der Waals surface area contributed by atoms with Crippen LogP contribution < -0.4 is 0 Å². The third-order valence-electron chi connectivity index (χ3n) is 1.78. The van der Waals surface area contributed by atoms with E-state index in [4.69, 9.17) is 5.11 Å². The van der Waals surface area contributed by atoms with Gasteiger partial charge < -0.3 is 19.6 Å². The van der Waals surface area contributed by atoms with Crippen LogP contribution in [0.15, 0.2) is 12.7 Å². The first-order valence-electron chi connectivity index (χ1n) is 4.02. The number of carbonyl (C=O) groups is 1. The Morgan fingerprint density at radius 2 is 2.33 bits per heavy atom. The molecule has 2 rings (SSSR count). The van der Waals surface area contributed by atoms with Gasteiger partial charge in [0.15, 0.2) is 0 Å². The molecule has 0 amide bonds. The molecule has 75 valence electrons. The summed E-state index contributed by atoms with van der Waals surface area (Å²) in [5.74, 6) is -0.843. The molecule has 0 aromatic carbocycles. The molecule has 0 aliphatic heterocycles. The Morgan fingerprint density at radius 1 is 1.53 bits per heavy atom. The van der Waals surface area contributed by atoms with Gasteiger partial charge in [0.25, 0.3) is 0 Å². The summed E-state index contributed by atoms with van der Waals surface area (Å²) in [5, 5.41) is 8.51. The van der Waals surface area contributed by atoms with Crippen molar-refractivity contribution in [2.75, 3.05) is 0 Å². The number of rotatable bonds is 3. The first kappa shape index (κ1) is 12.2. The first-order valence-corrected chi connectivity index (χ1v) is 4.02. The molecule has 0 spiro atoms. The molecule has 0 saturated heterocycles. The second-order valence-electron chi connectivity index (χ2n) is 2.74. The van der Waals surface area contributed by atoms with Gasteiger partial charge in [-0.15, -0.1) is 0 Å². The second-order valence-corrected chi connectivity index (χ2v) is 2.74. The molecule has 0 aliphatic rings. The maximum absolute atomic E-state index is 10.4. The van der Waals surface area contributed by atoms with Crippen LogP contribution in [-0.2, 0) is 44.0 Å². The van der Waals surface area contributed by atoms with Crippen LogP contribution in [0, 0.1) is 6.20 Å². The predicted molar refractivity (Wildman–Crippen MR) is 46.4 cm³/mol. The van der Waals surface area contributed by atoms with Gasteiger partial charge in [-0.3, -0.25) is 9.78 Å². The van der Waals surface area contributed by atoms with Gasteiger partial charge >= 0.3 is 5.97 Å². The Kier molecular flexibility index (Phi) is 4.29. The van der Waals surface area contributed by atoms with Crippen LogP contribution in [0.25, 0.3) is 11.2 Å².